The van der Waals surface area contributed by atoms with Crippen LogP contribution in [0.2, 0.25) is 0 Å². The first kappa shape index (κ1) is 12.3. The molecule has 0 aliphatic heterocycles. The Kier molecular flexibility index (Phi) is 3.75. The topological polar surface area (TPSA) is 68.3 Å². The maximum Gasteiger partial charge on any atom is 0.125 e. The highest BCUT2D eigenvalue weighted by molar-refractivity contribution is 5.42. The normalized spacial score (nSPS) is 13.7. The maximum atomic E-state index is 8.88. The lowest BCUT2D eigenvalue weighted by Gasteiger charge is -2.17. The van der Waals surface area contributed by atoms with Gasteiger partial charge < -0.3 is 15.2 Å². The van der Waals surface area contributed by atoms with Gasteiger partial charge in [0, 0.05) is 12.5 Å². The first-order valence-electron chi connectivity index (χ1n) is 4.93. The first-order valence-corrected chi connectivity index (χ1v) is 4.93. The van der Waals surface area contributed by atoms with Gasteiger partial charge in [0.15, 0.2) is 0 Å². The van der Waals surface area contributed by atoms with Crippen molar-refractivity contribution in [2.45, 2.75) is 18.9 Å². The third-order valence-corrected chi connectivity index (χ3v) is 2.31. The van der Waals surface area contributed by atoms with Crippen molar-refractivity contribution in [2.24, 2.45) is 5.73 Å². The molecule has 0 aromatic heterocycles. The monoisotopic (exact) mass is 220 g/mol. The van der Waals surface area contributed by atoms with E-state index in [1.165, 1.54) is 0 Å². The van der Waals surface area contributed by atoms with Crippen LogP contribution in [0.15, 0.2) is 18.2 Å². The van der Waals surface area contributed by atoms with Crippen LogP contribution in [-0.2, 0) is 6.42 Å². The van der Waals surface area contributed by atoms with Crippen molar-refractivity contribution in [3.63, 3.8) is 0 Å². The van der Waals surface area contributed by atoms with Gasteiger partial charge in [-0.2, -0.15) is 5.26 Å². The molecule has 4 heteroatoms. The van der Waals surface area contributed by atoms with E-state index in [-0.39, 0.29) is 0 Å². The van der Waals surface area contributed by atoms with Gasteiger partial charge in [-0.3, -0.25) is 0 Å². The van der Waals surface area contributed by atoms with Gasteiger partial charge in [0.25, 0.3) is 0 Å². The standard InChI is InChI=1S/C12H16N2O2/c1-12(14,8-13)7-9-4-5-10(15-2)6-11(9)16-3/h4-6H,7,14H2,1-3H3. The van der Waals surface area contributed by atoms with Crippen molar-refractivity contribution < 1.29 is 9.47 Å². The Morgan fingerprint density at radius 3 is 2.56 bits per heavy atom. The van der Waals surface area contributed by atoms with Crippen molar-refractivity contribution >= 4 is 0 Å². The van der Waals surface area contributed by atoms with Crippen LogP contribution in [0.4, 0.5) is 0 Å². The van der Waals surface area contributed by atoms with Gasteiger partial charge in [0.05, 0.1) is 20.3 Å². The van der Waals surface area contributed by atoms with Gasteiger partial charge in [0.2, 0.25) is 0 Å². The molecule has 0 amide bonds. The number of nitrogens with two attached hydrogens (primary N) is 1. The minimum Gasteiger partial charge on any atom is -0.497 e. The van der Waals surface area contributed by atoms with Gasteiger partial charge in [-0.1, -0.05) is 6.07 Å². The fraction of sp³-hybridized carbons (Fsp3) is 0.417. The number of rotatable bonds is 4. The van der Waals surface area contributed by atoms with E-state index in [0.29, 0.717) is 12.2 Å². The van der Waals surface area contributed by atoms with E-state index in [0.717, 1.165) is 11.3 Å². The number of nitriles is 1. The second-order valence-electron chi connectivity index (χ2n) is 3.88. The van der Waals surface area contributed by atoms with E-state index in [2.05, 4.69) is 6.07 Å². The molecule has 0 saturated carbocycles. The van der Waals surface area contributed by atoms with E-state index >= 15 is 0 Å². The van der Waals surface area contributed by atoms with Crippen molar-refractivity contribution in [1.29, 1.82) is 5.26 Å². The van der Waals surface area contributed by atoms with Crippen molar-refractivity contribution in [3.05, 3.63) is 23.8 Å². The Labute approximate surface area is 95.6 Å². The fourth-order valence-corrected chi connectivity index (χ4v) is 1.43. The summed E-state index contributed by atoms with van der Waals surface area (Å²) in [6, 6.07) is 7.53. The summed E-state index contributed by atoms with van der Waals surface area (Å²) in [5.41, 5.74) is 5.81. The van der Waals surface area contributed by atoms with Crippen LogP contribution in [0.25, 0.3) is 0 Å². The average molecular weight is 220 g/mol. The molecule has 0 radical (unpaired) electrons. The Morgan fingerprint density at radius 1 is 1.38 bits per heavy atom. The fourth-order valence-electron chi connectivity index (χ4n) is 1.43. The van der Waals surface area contributed by atoms with Crippen molar-refractivity contribution in [1.82, 2.24) is 0 Å². The summed E-state index contributed by atoms with van der Waals surface area (Å²) in [4.78, 5) is 0. The zero-order valence-electron chi connectivity index (χ0n) is 9.78. The molecule has 2 N–H and O–H groups in total. The third-order valence-electron chi connectivity index (χ3n) is 2.31. The van der Waals surface area contributed by atoms with Gasteiger partial charge in [-0.15, -0.1) is 0 Å². The number of ether oxygens (including phenoxy) is 2. The van der Waals surface area contributed by atoms with Gasteiger partial charge in [-0.25, -0.2) is 0 Å². The highest BCUT2D eigenvalue weighted by atomic mass is 16.5. The summed E-state index contributed by atoms with van der Waals surface area (Å²) < 4.78 is 10.3. The lowest BCUT2D eigenvalue weighted by atomic mass is 9.95. The second-order valence-corrected chi connectivity index (χ2v) is 3.88. The third kappa shape index (κ3) is 2.88. The molecular formula is C12H16N2O2. The summed E-state index contributed by atoms with van der Waals surface area (Å²) >= 11 is 0. The molecule has 1 rings (SSSR count). The molecular weight excluding hydrogens is 204 g/mol. The predicted molar refractivity (Wildman–Crippen MR) is 61.5 cm³/mol. The van der Waals surface area contributed by atoms with Crippen LogP contribution in [0, 0.1) is 11.3 Å². The molecule has 0 spiro atoms. The zero-order chi connectivity index (χ0) is 12.2. The van der Waals surface area contributed by atoms with Crippen molar-refractivity contribution in [3.8, 4) is 17.6 Å². The van der Waals surface area contributed by atoms with Gasteiger partial charge in [-0.05, 0) is 18.6 Å². The van der Waals surface area contributed by atoms with E-state index in [9.17, 15) is 0 Å². The number of nitrogens with zero attached hydrogens (tertiary/aromatic N) is 1. The quantitative estimate of drug-likeness (QED) is 0.834. The lowest BCUT2D eigenvalue weighted by molar-refractivity contribution is 0.388. The minimum atomic E-state index is -0.887. The minimum absolute atomic E-state index is 0.441. The van der Waals surface area contributed by atoms with Crippen molar-refractivity contribution in [2.75, 3.05) is 14.2 Å². The molecule has 0 fully saturated rings. The largest absolute Gasteiger partial charge is 0.497 e. The Bertz CT molecular complexity index is 408. The van der Waals surface area contributed by atoms with E-state index < -0.39 is 5.54 Å². The zero-order valence-corrected chi connectivity index (χ0v) is 9.78. The summed E-state index contributed by atoms with van der Waals surface area (Å²) in [5.74, 6) is 1.41. The van der Waals surface area contributed by atoms with Crippen LogP contribution in [0.3, 0.4) is 0 Å². The van der Waals surface area contributed by atoms with Crippen LogP contribution in [0.1, 0.15) is 12.5 Å². The average Bonchev–Trinajstić information content (AvgIpc) is 2.29. The van der Waals surface area contributed by atoms with E-state index in [1.54, 1.807) is 27.2 Å². The number of methoxy groups -OCH3 is 2. The Hall–Kier alpha value is -1.73. The molecule has 1 unspecified atom stereocenters. The summed E-state index contributed by atoms with van der Waals surface area (Å²) in [6.07, 6.45) is 0.441. The molecule has 0 bridgehead atoms. The molecule has 0 saturated heterocycles. The number of hydrogen-bond acceptors (Lipinski definition) is 4. The van der Waals surface area contributed by atoms with Crippen LogP contribution >= 0.6 is 0 Å². The lowest BCUT2D eigenvalue weighted by Crippen LogP contribution is -2.36. The van der Waals surface area contributed by atoms with Crippen LogP contribution in [0.5, 0.6) is 11.5 Å². The highest BCUT2D eigenvalue weighted by Crippen LogP contribution is 2.26. The Balaban J connectivity index is 3.01. The summed E-state index contributed by atoms with van der Waals surface area (Å²) in [5, 5.41) is 8.88. The summed E-state index contributed by atoms with van der Waals surface area (Å²) in [7, 11) is 3.18. The SMILES string of the molecule is COc1ccc(CC(C)(N)C#N)c(OC)c1. The van der Waals surface area contributed by atoms with Gasteiger partial charge >= 0.3 is 0 Å². The summed E-state index contributed by atoms with van der Waals surface area (Å²) in [6.45, 7) is 1.69. The predicted octanol–water partition coefficient (Wildman–Crippen LogP) is 1.49. The molecule has 1 atom stereocenters. The molecule has 1 aromatic carbocycles. The maximum absolute atomic E-state index is 8.88. The molecule has 0 heterocycles. The molecule has 1 aromatic rings. The van der Waals surface area contributed by atoms with Gasteiger partial charge in [0.1, 0.15) is 17.0 Å². The number of hydrogen-bond donors (Lipinski definition) is 1. The number of benzene rings is 1. The smallest absolute Gasteiger partial charge is 0.125 e. The molecule has 0 aliphatic rings. The molecule has 16 heavy (non-hydrogen) atoms. The van der Waals surface area contributed by atoms with Crippen LogP contribution < -0.4 is 15.2 Å². The molecule has 4 nitrogen and oxygen atoms in total. The van der Waals surface area contributed by atoms with Crippen LogP contribution in [-0.4, -0.2) is 19.8 Å². The molecule has 0 aliphatic carbocycles. The first-order chi connectivity index (χ1) is 7.52. The highest BCUT2D eigenvalue weighted by Gasteiger charge is 2.20. The van der Waals surface area contributed by atoms with E-state index in [4.69, 9.17) is 20.5 Å². The Morgan fingerprint density at radius 2 is 2.06 bits per heavy atom. The molecule has 86 valence electrons. The second kappa shape index (κ2) is 4.86. The van der Waals surface area contributed by atoms with E-state index in [1.807, 2.05) is 12.1 Å².